The van der Waals surface area contributed by atoms with E-state index in [-0.39, 0.29) is 0 Å². The molecule has 1 aliphatic heterocycles. The van der Waals surface area contributed by atoms with Crippen molar-refractivity contribution in [2.45, 2.75) is 25.8 Å². The van der Waals surface area contributed by atoms with Gasteiger partial charge in [0.05, 0.1) is 0 Å². The van der Waals surface area contributed by atoms with E-state index in [2.05, 4.69) is 52.1 Å². The molecular weight excluding hydrogens is 268 g/mol. The van der Waals surface area contributed by atoms with E-state index in [1.807, 2.05) is 0 Å². The third-order valence-electron chi connectivity index (χ3n) is 4.01. The Morgan fingerprint density at radius 1 is 1.10 bits per heavy atom. The van der Waals surface area contributed by atoms with Crippen LogP contribution in [0.3, 0.4) is 0 Å². The van der Waals surface area contributed by atoms with Crippen molar-refractivity contribution >= 4 is 11.6 Å². The van der Waals surface area contributed by atoms with E-state index in [1.165, 1.54) is 29.9 Å². The van der Waals surface area contributed by atoms with Crippen LogP contribution in [-0.4, -0.2) is 28.4 Å². The largest absolute Gasteiger partial charge is 0.321 e. The lowest BCUT2D eigenvalue weighted by atomic mass is 10.2. The predicted molar refractivity (Wildman–Crippen MR) is 84.7 cm³/mol. The number of para-hydroxylation sites is 1. The van der Waals surface area contributed by atoms with Crippen LogP contribution < -0.4 is 0 Å². The quantitative estimate of drug-likeness (QED) is 0.776. The van der Waals surface area contributed by atoms with Crippen molar-refractivity contribution in [2.24, 2.45) is 0 Å². The molecule has 2 heterocycles. The van der Waals surface area contributed by atoms with Gasteiger partial charge in [0.2, 0.25) is 0 Å². The van der Waals surface area contributed by atoms with Crippen LogP contribution in [0.15, 0.2) is 42.6 Å². The molecule has 20 heavy (non-hydrogen) atoms. The smallest absolute Gasteiger partial charge is 0.0452 e. The Kier molecular flexibility index (Phi) is 4.44. The van der Waals surface area contributed by atoms with Crippen molar-refractivity contribution < 1.29 is 0 Å². The Balaban J connectivity index is 1.84. The summed E-state index contributed by atoms with van der Waals surface area (Å²) in [6.07, 6.45) is 5.68. The van der Waals surface area contributed by atoms with E-state index in [9.17, 15) is 0 Å². The number of aromatic nitrogens is 1. The van der Waals surface area contributed by atoms with Crippen LogP contribution in [0.2, 0.25) is 0 Å². The number of hydrogen-bond donors (Lipinski definition) is 0. The topological polar surface area (TPSA) is 8.17 Å². The Morgan fingerprint density at radius 3 is 2.75 bits per heavy atom. The number of nitrogens with zero attached hydrogens (tertiary/aromatic N) is 2. The van der Waals surface area contributed by atoms with Crippen molar-refractivity contribution in [3.8, 4) is 5.69 Å². The first-order valence-corrected chi connectivity index (χ1v) is 7.95. The fourth-order valence-corrected chi connectivity index (χ4v) is 3.14. The first-order valence-electron chi connectivity index (χ1n) is 7.41. The van der Waals surface area contributed by atoms with Gasteiger partial charge in [0, 0.05) is 30.0 Å². The summed E-state index contributed by atoms with van der Waals surface area (Å²) >= 11 is 5.82. The Morgan fingerprint density at radius 2 is 1.95 bits per heavy atom. The molecular formula is C17H21ClN2. The average molecular weight is 289 g/mol. The summed E-state index contributed by atoms with van der Waals surface area (Å²) < 4.78 is 2.35. The SMILES string of the molecule is ClCCCN1CCCc2c(ccn2-c2ccccc2)C1. The van der Waals surface area contributed by atoms with Crippen LogP contribution in [-0.2, 0) is 13.0 Å². The highest BCUT2D eigenvalue weighted by Gasteiger charge is 2.17. The van der Waals surface area contributed by atoms with Gasteiger partial charge in [-0.2, -0.15) is 0 Å². The molecule has 106 valence electrons. The molecule has 0 spiro atoms. The van der Waals surface area contributed by atoms with Crippen LogP contribution in [0.4, 0.5) is 0 Å². The highest BCUT2D eigenvalue weighted by atomic mass is 35.5. The van der Waals surface area contributed by atoms with Gasteiger partial charge in [-0.05, 0) is 56.1 Å². The van der Waals surface area contributed by atoms with Gasteiger partial charge in [-0.25, -0.2) is 0 Å². The van der Waals surface area contributed by atoms with Gasteiger partial charge in [-0.3, -0.25) is 4.90 Å². The van der Waals surface area contributed by atoms with Gasteiger partial charge in [0.25, 0.3) is 0 Å². The Hall–Kier alpha value is -1.25. The molecule has 1 aromatic heterocycles. The van der Waals surface area contributed by atoms with Crippen molar-refractivity contribution in [2.75, 3.05) is 19.0 Å². The highest BCUT2D eigenvalue weighted by Crippen LogP contribution is 2.23. The number of fused-ring (bicyclic) bond motifs is 1. The van der Waals surface area contributed by atoms with Crippen molar-refractivity contribution in [1.29, 1.82) is 0 Å². The fourth-order valence-electron chi connectivity index (χ4n) is 3.03. The summed E-state index contributed by atoms with van der Waals surface area (Å²) in [6.45, 7) is 3.35. The molecule has 3 rings (SSSR count). The third-order valence-corrected chi connectivity index (χ3v) is 4.28. The average Bonchev–Trinajstić information content (AvgIpc) is 2.77. The zero-order valence-corrected chi connectivity index (χ0v) is 12.5. The van der Waals surface area contributed by atoms with Crippen molar-refractivity contribution in [3.05, 3.63) is 53.9 Å². The zero-order chi connectivity index (χ0) is 13.8. The Labute approximate surface area is 126 Å². The molecule has 0 bridgehead atoms. The first kappa shape index (κ1) is 13.7. The number of hydrogen-bond acceptors (Lipinski definition) is 1. The maximum atomic E-state index is 5.82. The molecule has 0 N–H and O–H groups in total. The zero-order valence-electron chi connectivity index (χ0n) is 11.8. The van der Waals surface area contributed by atoms with Gasteiger partial charge < -0.3 is 4.57 Å². The Bertz CT molecular complexity index is 547. The van der Waals surface area contributed by atoms with E-state index < -0.39 is 0 Å². The van der Waals surface area contributed by atoms with E-state index in [1.54, 1.807) is 0 Å². The molecule has 0 fully saturated rings. The summed E-state index contributed by atoms with van der Waals surface area (Å²) in [5.41, 5.74) is 4.22. The van der Waals surface area contributed by atoms with E-state index in [0.717, 1.165) is 31.8 Å². The third kappa shape index (κ3) is 2.92. The van der Waals surface area contributed by atoms with E-state index >= 15 is 0 Å². The molecule has 1 aromatic carbocycles. The van der Waals surface area contributed by atoms with Gasteiger partial charge in [0.1, 0.15) is 0 Å². The minimum atomic E-state index is 0.758. The van der Waals surface area contributed by atoms with Gasteiger partial charge in [-0.1, -0.05) is 18.2 Å². The summed E-state index contributed by atoms with van der Waals surface area (Å²) in [7, 11) is 0. The van der Waals surface area contributed by atoms with Gasteiger partial charge in [0.15, 0.2) is 0 Å². The molecule has 3 heteroatoms. The summed E-state index contributed by atoms with van der Waals surface area (Å²) in [6, 6.07) is 12.9. The van der Waals surface area contributed by atoms with Crippen LogP contribution in [0, 0.1) is 0 Å². The normalized spacial score (nSPS) is 15.8. The molecule has 1 aliphatic rings. The standard InChI is InChI=1S/C17H21ClN2/c18-10-5-12-19-11-4-8-17-15(14-19)9-13-20(17)16-6-2-1-3-7-16/h1-3,6-7,9,13H,4-5,8,10-12,14H2. The molecule has 0 amide bonds. The maximum absolute atomic E-state index is 5.82. The molecule has 0 unspecified atom stereocenters. The first-order chi connectivity index (χ1) is 9.88. The van der Waals surface area contributed by atoms with Crippen molar-refractivity contribution in [1.82, 2.24) is 9.47 Å². The van der Waals surface area contributed by atoms with Crippen LogP contribution in [0.5, 0.6) is 0 Å². The number of rotatable bonds is 4. The van der Waals surface area contributed by atoms with Gasteiger partial charge in [-0.15, -0.1) is 11.6 Å². The molecule has 0 atom stereocenters. The lowest BCUT2D eigenvalue weighted by molar-refractivity contribution is 0.271. The summed E-state index contributed by atoms with van der Waals surface area (Å²) in [5, 5.41) is 0. The van der Waals surface area contributed by atoms with Crippen molar-refractivity contribution in [3.63, 3.8) is 0 Å². The summed E-state index contributed by atoms with van der Waals surface area (Å²) in [4.78, 5) is 2.53. The molecule has 0 saturated carbocycles. The maximum Gasteiger partial charge on any atom is 0.0452 e. The lowest BCUT2D eigenvalue weighted by Gasteiger charge is -2.18. The monoisotopic (exact) mass is 288 g/mol. The van der Waals surface area contributed by atoms with Gasteiger partial charge >= 0.3 is 0 Å². The van der Waals surface area contributed by atoms with Crippen LogP contribution in [0.1, 0.15) is 24.1 Å². The number of alkyl halides is 1. The molecule has 0 saturated heterocycles. The van der Waals surface area contributed by atoms with Crippen LogP contribution in [0.25, 0.3) is 5.69 Å². The second kappa shape index (κ2) is 6.47. The predicted octanol–water partition coefficient (Wildman–Crippen LogP) is 3.85. The second-order valence-corrected chi connectivity index (χ2v) is 5.79. The fraction of sp³-hybridized carbons (Fsp3) is 0.412. The lowest BCUT2D eigenvalue weighted by Crippen LogP contribution is -2.24. The second-order valence-electron chi connectivity index (χ2n) is 5.42. The van der Waals surface area contributed by atoms with E-state index in [4.69, 9.17) is 11.6 Å². The van der Waals surface area contributed by atoms with E-state index in [0.29, 0.717) is 0 Å². The molecule has 2 nitrogen and oxygen atoms in total. The molecule has 0 aliphatic carbocycles. The molecule has 2 aromatic rings. The van der Waals surface area contributed by atoms with Crippen LogP contribution >= 0.6 is 11.6 Å². The molecule has 0 radical (unpaired) electrons. The minimum Gasteiger partial charge on any atom is -0.321 e. The number of halogens is 1. The summed E-state index contributed by atoms with van der Waals surface area (Å²) in [5.74, 6) is 0.758. The number of benzene rings is 1. The highest BCUT2D eigenvalue weighted by molar-refractivity contribution is 6.17. The minimum absolute atomic E-state index is 0.758.